The molecule has 7 nitrogen and oxygen atoms in total. The number of hydrogen-bond donors (Lipinski definition) is 0. The predicted octanol–water partition coefficient (Wildman–Crippen LogP) is 6.41. The first-order valence-electron chi connectivity index (χ1n) is 11.8. The molecule has 0 bridgehead atoms. The smallest absolute Gasteiger partial charge is 0.264 e. The molecule has 0 saturated heterocycles. The van der Waals surface area contributed by atoms with Crippen LogP contribution in [0.4, 0.5) is 10.8 Å². The summed E-state index contributed by atoms with van der Waals surface area (Å²) in [7, 11) is -3.81. The molecule has 2 aromatic heterocycles. The second-order valence-corrected chi connectivity index (χ2v) is 11.6. The van der Waals surface area contributed by atoms with Gasteiger partial charge in [-0.05, 0) is 67.1 Å². The van der Waals surface area contributed by atoms with Crippen molar-refractivity contribution in [1.29, 1.82) is 0 Å². The third-order valence-electron chi connectivity index (χ3n) is 5.92. The maximum atomic E-state index is 13.8. The first-order valence-corrected chi connectivity index (χ1v) is 14.5. The fourth-order valence-corrected chi connectivity index (χ4v) is 6.79. The second kappa shape index (κ2) is 10.9. The minimum absolute atomic E-state index is 0.102. The van der Waals surface area contributed by atoms with Crippen molar-refractivity contribution in [2.45, 2.75) is 18.4 Å². The SMILES string of the molecule is CCN(c1ccccc1)S(=O)(=O)c1ccc(C(=O)N(Cc2cccnc2)c2nc3c(Cl)cccc3s2)cc1. The van der Waals surface area contributed by atoms with Gasteiger partial charge in [0, 0.05) is 24.5 Å². The van der Waals surface area contributed by atoms with E-state index >= 15 is 0 Å². The van der Waals surface area contributed by atoms with Crippen LogP contribution < -0.4 is 9.21 Å². The van der Waals surface area contributed by atoms with Crippen molar-refractivity contribution in [3.63, 3.8) is 0 Å². The number of benzene rings is 3. The molecule has 2 heterocycles. The first-order chi connectivity index (χ1) is 18.4. The third-order valence-corrected chi connectivity index (χ3v) is 9.18. The Morgan fingerprint density at radius 1 is 0.947 bits per heavy atom. The fourth-order valence-electron chi connectivity index (χ4n) is 4.06. The van der Waals surface area contributed by atoms with Gasteiger partial charge in [0.1, 0.15) is 5.52 Å². The number of hydrogen-bond acceptors (Lipinski definition) is 6. The number of thiazole rings is 1. The van der Waals surface area contributed by atoms with Crippen molar-refractivity contribution in [2.24, 2.45) is 0 Å². The van der Waals surface area contributed by atoms with Crippen molar-refractivity contribution in [3.05, 3.63) is 113 Å². The number of anilines is 2. The van der Waals surface area contributed by atoms with Crippen LogP contribution in [0.5, 0.6) is 0 Å². The lowest BCUT2D eigenvalue weighted by Gasteiger charge is -2.23. The van der Waals surface area contributed by atoms with Crippen LogP contribution in [0.15, 0.2) is 102 Å². The Hall–Kier alpha value is -3.79. The van der Waals surface area contributed by atoms with Gasteiger partial charge in [-0.15, -0.1) is 0 Å². The highest BCUT2D eigenvalue weighted by molar-refractivity contribution is 7.92. The Kier molecular flexibility index (Phi) is 7.42. The van der Waals surface area contributed by atoms with Crippen molar-refractivity contribution in [1.82, 2.24) is 9.97 Å². The number of pyridine rings is 1. The number of sulfonamides is 1. The average Bonchev–Trinajstić information content (AvgIpc) is 3.38. The standard InChI is InChI=1S/C28H23ClN4O3S2/c1-2-33(22-9-4-3-5-10-22)38(35,36)23-15-13-21(14-16-23)27(34)32(19-20-8-7-17-30-18-20)28-31-26-24(29)11-6-12-25(26)37-28/h3-18H,2,19H2,1H3. The number of fused-ring (bicyclic) bond motifs is 1. The van der Waals surface area contributed by atoms with E-state index in [0.717, 1.165) is 10.3 Å². The lowest BCUT2D eigenvalue weighted by molar-refractivity contribution is 0.0985. The summed E-state index contributed by atoms with van der Waals surface area (Å²) in [4.78, 5) is 24.2. The summed E-state index contributed by atoms with van der Waals surface area (Å²) in [6.07, 6.45) is 3.36. The number of carbonyl (C=O) groups excluding carboxylic acids is 1. The Morgan fingerprint density at radius 3 is 2.37 bits per heavy atom. The van der Waals surface area contributed by atoms with E-state index in [1.807, 2.05) is 24.3 Å². The molecule has 0 radical (unpaired) electrons. The first kappa shape index (κ1) is 25.8. The molecule has 0 aliphatic carbocycles. The molecule has 38 heavy (non-hydrogen) atoms. The van der Waals surface area contributed by atoms with E-state index < -0.39 is 10.0 Å². The molecule has 0 aliphatic heterocycles. The van der Waals surface area contributed by atoms with Crippen molar-refractivity contribution in [3.8, 4) is 0 Å². The van der Waals surface area contributed by atoms with E-state index in [-0.39, 0.29) is 23.9 Å². The number of nitrogens with zero attached hydrogens (tertiary/aromatic N) is 4. The second-order valence-electron chi connectivity index (χ2n) is 8.37. The van der Waals surface area contributed by atoms with Gasteiger partial charge in [0.15, 0.2) is 5.13 Å². The Balaban J connectivity index is 1.49. The van der Waals surface area contributed by atoms with Gasteiger partial charge in [0.2, 0.25) is 0 Å². The summed E-state index contributed by atoms with van der Waals surface area (Å²) >= 11 is 7.70. The zero-order valence-electron chi connectivity index (χ0n) is 20.4. The Bertz CT molecular complexity index is 1680. The summed E-state index contributed by atoms with van der Waals surface area (Å²) in [6.45, 7) is 2.29. The summed E-state index contributed by atoms with van der Waals surface area (Å²) in [6, 6.07) is 24.1. The number of aromatic nitrogens is 2. The monoisotopic (exact) mass is 562 g/mol. The molecule has 0 spiro atoms. The lowest BCUT2D eigenvalue weighted by Crippen LogP contribution is -2.31. The van der Waals surface area contributed by atoms with E-state index in [1.165, 1.54) is 39.9 Å². The van der Waals surface area contributed by atoms with Crippen LogP contribution >= 0.6 is 22.9 Å². The molecule has 0 saturated carbocycles. The molecular weight excluding hydrogens is 540 g/mol. The van der Waals surface area contributed by atoms with E-state index in [2.05, 4.69) is 9.97 Å². The van der Waals surface area contributed by atoms with E-state index in [0.29, 0.717) is 26.9 Å². The molecule has 0 aliphatic rings. The molecule has 1 amide bonds. The fraction of sp³-hybridized carbons (Fsp3) is 0.107. The molecule has 3 aromatic carbocycles. The van der Waals surface area contributed by atoms with E-state index in [1.54, 1.807) is 60.6 Å². The van der Waals surface area contributed by atoms with E-state index in [4.69, 9.17) is 11.6 Å². The van der Waals surface area contributed by atoms with Crippen molar-refractivity contribution < 1.29 is 13.2 Å². The molecule has 0 atom stereocenters. The van der Waals surface area contributed by atoms with Crippen molar-refractivity contribution in [2.75, 3.05) is 15.7 Å². The van der Waals surface area contributed by atoms with Crippen LogP contribution in [-0.4, -0.2) is 30.8 Å². The summed E-state index contributed by atoms with van der Waals surface area (Å²) in [5, 5.41) is 0.993. The third kappa shape index (κ3) is 5.13. The van der Waals surface area contributed by atoms with Crippen LogP contribution in [0.2, 0.25) is 5.02 Å². The molecule has 0 fully saturated rings. The van der Waals surface area contributed by atoms with Gasteiger partial charge < -0.3 is 0 Å². The van der Waals surface area contributed by atoms with Gasteiger partial charge >= 0.3 is 0 Å². The molecule has 0 N–H and O–H groups in total. The molecule has 5 aromatic rings. The number of amides is 1. The summed E-state index contributed by atoms with van der Waals surface area (Å²) < 4.78 is 28.9. The normalized spacial score (nSPS) is 11.4. The van der Waals surface area contributed by atoms with Crippen LogP contribution in [0.25, 0.3) is 10.2 Å². The summed E-state index contributed by atoms with van der Waals surface area (Å²) in [5.41, 5.74) is 2.36. The largest absolute Gasteiger partial charge is 0.279 e. The van der Waals surface area contributed by atoms with E-state index in [9.17, 15) is 13.2 Å². The van der Waals surface area contributed by atoms with Gasteiger partial charge in [0.25, 0.3) is 15.9 Å². The minimum atomic E-state index is -3.81. The minimum Gasteiger partial charge on any atom is -0.279 e. The molecule has 5 rings (SSSR count). The van der Waals surface area contributed by atoms with Gasteiger partial charge in [0.05, 0.1) is 26.9 Å². The quantitative estimate of drug-likeness (QED) is 0.218. The zero-order valence-corrected chi connectivity index (χ0v) is 22.7. The van der Waals surface area contributed by atoms with Gasteiger partial charge in [-0.2, -0.15) is 0 Å². The van der Waals surface area contributed by atoms with Gasteiger partial charge in [-0.1, -0.05) is 53.3 Å². The summed E-state index contributed by atoms with van der Waals surface area (Å²) in [5.74, 6) is -0.316. The molecule has 0 unspecified atom stereocenters. The van der Waals surface area contributed by atoms with Crippen LogP contribution in [-0.2, 0) is 16.6 Å². The molecular formula is C28H23ClN4O3S2. The van der Waals surface area contributed by atoms with Crippen LogP contribution in [0, 0.1) is 0 Å². The van der Waals surface area contributed by atoms with Crippen LogP contribution in [0.1, 0.15) is 22.8 Å². The number of halogens is 1. The highest BCUT2D eigenvalue weighted by atomic mass is 35.5. The maximum absolute atomic E-state index is 13.8. The Labute approximate surface area is 230 Å². The highest BCUT2D eigenvalue weighted by Crippen LogP contribution is 2.34. The van der Waals surface area contributed by atoms with Gasteiger partial charge in [-0.25, -0.2) is 13.4 Å². The Morgan fingerprint density at radius 2 is 1.71 bits per heavy atom. The predicted molar refractivity (Wildman–Crippen MR) is 152 cm³/mol. The topological polar surface area (TPSA) is 83.5 Å². The van der Waals surface area contributed by atoms with Crippen molar-refractivity contribution >= 4 is 59.9 Å². The zero-order chi connectivity index (χ0) is 26.7. The average molecular weight is 563 g/mol. The molecule has 192 valence electrons. The number of para-hydroxylation sites is 2. The number of rotatable bonds is 8. The maximum Gasteiger partial charge on any atom is 0.264 e. The number of carbonyl (C=O) groups is 1. The van der Waals surface area contributed by atoms with Crippen LogP contribution in [0.3, 0.4) is 0 Å². The lowest BCUT2D eigenvalue weighted by atomic mass is 10.2. The molecule has 10 heteroatoms. The van der Waals surface area contributed by atoms with Gasteiger partial charge in [-0.3, -0.25) is 19.0 Å². The highest BCUT2D eigenvalue weighted by Gasteiger charge is 2.26.